The molecule has 0 aliphatic rings. The first kappa shape index (κ1) is 69.4. The molecule has 0 spiro atoms. The molecule has 0 aromatic heterocycles. The molecule has 0 aliphatic heterocycles. The van der Waals surface area contributed by atoms with Gasteiger partial charge in [0, 0.05) is 19.3 Å². The van der Waals surface area contributed by atoms with Crippen molar-refractivity contribution in [2.24, 2.45) is 0 Å². The summed E-state index contributed by atoms with van der Waals surface area (Å²) in [5.41, 5.74) is 0. The van der Waals surface area contributed by atoms with Gasteiger partial charge >= 0.3 is 17.9 Å². The molecule has 0 fully saturated rings. The van der Waals surface area contributed by atoms with Crippen molar-refractivity contribution in [2.75, 3.05) is 13.2 Å². The quantitative estimate of drug-likeness (QED) is 0.0261. The Kier molecular flexibility index (Phi) is 58.7. The van der Waals surface area contributed by atoms with Gasteiger partial charge in [-0.3, -0.25) is 14.4 Å². The van der Waals surface area contributed by atoms with Gasteiger partial charge in [0.15, 0.2) is 6.10 Å². The number of esters is 3. The average molecular weight is 1010 g/mol. The lowest BCUT2D eigenvalue weighted by atomic mass is 10.0. The van der Waals surface area contributed by atoms with Crippen LogP contribution >= 0.6 is 0 Å². The molecule has 0 aromatic carbocycles. The van der Waals surface area contributed by atoms with E-state index in [0.29, 0.717) is 19.3 Å². The van der Waals surface area contributed by atoms with E-state index in [1.54, 1.807) is 0 Å². The first-order valence-electron chi connectivity index (χ1n) is 31.6. The van der Waals surface area contributed by atoms with Crippen molar-refractivity contribution in [1.29, 1.82) is 0 Å². The van der Waals surface area contributed by atoms with Gasteiger partial charge in [-0.25, -0.2) is 0 Å². The molecule has 0 bridgehead atoms. The summed E-state index contributed by atoms with van der Waals surface area (Å²) in [6.07, 6.45) is 75.4. The third-order valence-electron chi connectivity index (χ3n) is 14.1. The van der Waals surface area contributed by atoms with Crippen molar-refractivity contribution in [3.05, 3.63) is 48.6 Å². The molecule has 0 amide bonds. The van der Waals surface area contributed by atoms with E-state index in [4.69, 9.17) is 14.2 Å². The van der Waals surface area contributed by atoms with Crippen LogP contribution in [0.25, 0.3) is 0 Å². The standard InChI is InChI=1S/C66H120O6/c1-4-7-10-13-16-19-22-25-28-29-30-31-32-33-34-35-36-37-39-41-44-47-50-53-56-59-65(68)71-62-63(61-70-64(67)58-55-52-49-46-43-40-27-24-21-18-15-12-9-6-3)72-66(69)60-57-54-51-48-45-42-38-26-23-20-17-14-11-8-5-2/h22,24-25,27,29-30,32-33,63H,4-21,23,26,28,31,34-62H2,1-3H3/b25-22-,27-24-,30-29-,33-32-. The SMILES string of the molecule is CCCCCCC/C=C\C/C=C\C/C=C\CCCCCCCCCCCCC(=O)OCC(COC(=O)CCCCCCC/C=C\CCCCCCC)OC(=O)CCCCCCCCCCCCCCCCC. The van der Waals surface area contributed by atoms with Gasteiger partial charge in [0.25, 0.3) is 0 Å². The van der Waals surface area contributed by atoms with Crippen molar-refractivity contribution in [1.82, 2.24) is 0 Å². The Balaban J connectivity index is 4.28. The van der Waals surface area contributed by atoms with E-state index in [0.717, 1.165) is 77.0 Å². The van der Waals surface area contributed by atoms with Crippen LogP contribution in [0.2, 0.25) is 0 Å². The number of unbranched alkanes of at least 4 members (excludes halogenated alkanes) is 39. The van der Waals surface area contributed by atoms with Gasteiger partial charge in [0.1, 0.15) is 13.2 Å². The topological polar surface area (TPSA) is 78.9 Å². The van der Waals surface area contributed by atoms with E-state index in [1.807, 2.05) is 0 Å². The average Bonchev–Trinajstić information content (AvgIpc) is 3.38. The van der Waals surface area contributed by atoms with Gasteiger partial charge in [-0.15, -0.1) is 0 Å². The molecular weight excluding hydrogens is 889 g/mol. The van der Waals surface area contributed by atoms with Gasteiger partial charge in [0.05, 0.1) is 0 Å². The monoisotopic (exact) mass is 1010 g/mol. The molecule has 0 heterocycles. The number of allylic oxidation sites excluding steroid dienone is 8. The molecule has 0 radical (unpaired) electrons. The predicted octanol–water partition coefficient (Wildman–Crippen LogP) is 21.4. The largest absolute Gasteiger partial charge is 0.462 e. The molecule has 0 saturated heterocycles. The zero-order chi connectivity index (χ0) is 52.2. The highest BCUT2D eigenvalue weighted by atomic mass is 16.6. The Morgan fingerprint density at radius 3 is 0.792 bits per heavy atom. The summed E-state index contributed by atoms with van der Waals surface area (Å²) in [6.45, 7) is 6.65. The zero-order valence-electron chi connectivity index (χ0n) is 48.2. The highest BCUT2D eigenvalue weighted by Gasteiger charge is 2.19. The van der Waals surface area contributed by atoms with E-state index in [1.165, 1.54) is 218 Å². The van der Waals surface area contributed by atoms with Crippen molar-refractivity contribution < 1.29 is 28.6 Å². The van der Waals surface area contributed by atoms with Gasteiger partial charge in [-0.05, 0) is 83.5 Å². The van der Waals surface area contributed by atoms with Gasteiger partial charge in [0.2, 0.25) is 0 Å². The fourth-order valence-corrected chi connectivity index (χ4v) is 9.27. The van der Waals surface area contributed by atoms with Crippen molar-refractivity contribution in [3.63, 3.8) is 0 Å². The molecule has 6 heteroatoms. The first-order valence-corrected chi connectivity index (χ1v) is 31.6. The van der Waals surface area contributed by atoms with E-state index in [2.05, 4.69) is 69.4 Å². The molecule has 420 valence electrons. The minimum Gasteiger partial charge on any atom is -0.462 e. The highest BCUT2D eigenvalue weighted by Crippen LogP contribution is 2.17. The van der Waals surface area contributed by atoms with E-state index in [-0.39, 0.29) is 31.1 Å². The molecule has 6 nitrogen and oxygen atoms in total. The molecule has 0 saturated carbocycles. The number of hydrogen-bond acceptors (Lipinski definition) is 6. The highest BCUT2D eigenvalue weighted by molar-refractivity contribution is 5.71. The van der Waals surface area contributed by atoms with Crippen molar-refractivity contribution >= 4 is 17.9 Å². The van der Waals surface area contributed by atoms with Crippen LogP contribution in [-0.2, 0) is 28.6 Å². The summed E-state index contributed by atoms with van der Waals surface area (Å²) in [6, 6.07) is 0. The normalized spacial score (nSPS) is 12.3. The number of carbonyl (C=O) groups is 3. The van der Waals surface area contributed by atoms with E-state index < -0.39 is 6.10 Å². The Morgan fingerprint density at radius 2 is 0.500 bits per heavy atom. The predicted molar refractivity (Wildman–Crippen MR) is 312 cm³/mol. The number of ether oxygens (including phenoxy) is 3. The third-order valence-corrected chi connectivity index (χ3v) is 14.1. The lowest BCUT2D eigenvalue weighted by Gasteiger charge is -2.18. The second kappa shape index (κ2) is 60.9. The fraction of sp³-hybridized carbons (Fsp3) is 0.833. The van der Waals surface area contributed by atoms with Crippen LogP contribution in [0.15, 0.2) is 48.6 Å². The summed E-state index contributed by atoms with van der Waals surface area (Å²) >= 11 is 0. The van der Waals surface area contributed by atoms with E-state index >= 15 is 0 Å². The summed E-state index contributed by atoms with van der Waals surface area (Å²) in [4.78, 5) is 38.2. The van der Waals surface area contributed by atoms with Crippen LogP contribution in [-0.4, -0.2) is 37.2 Å². The number of hydrogen-bond donors (Lipinski definition) is 0. The molecule has 0 aromatic rings. The maximum Gasteiger partial charge on any atom is 0.306 e. The Hall–Kier alpha value is -2.63. The van der Waals surface area contributed by atoms with Crippen LogP contribution in [0.1, 0.15) is 335 Å². The van der Waals surface area contributed by atoms with Crippen LogP contribution in [0.5, 0.6) is 0 Å². The van der Waals surface area contributed by atoms with Crippen molar-refractivity contribution in [3.8, 4) is 0 Å². The molecule has 72 heavy (non-hydrogen) atoms. The summed E-state index contributed by atoms with van der Waals surface area (Å²) in [5.74, 6) is -0.867. The van der Waals surface area contributed by atoms with Gasteiger partial charge in [-0.1, -0.05) is 281 Å². The maximum absolute atomic E-state index is 12.9. The maximum atomic E-state index is 12.9. The minimum absolute atomic E-state index is 0.0743. The first-order chi connectivity index (χ1) is 35.5. The third kappa shape index (κ3) is 58.3. The summed E-state index contributed by atoms with van der Waals surface area (Å²) < 4.78 is 16.9. The van der Waals surface area contributed by atoms with Gasteiger partial charge in [-0.2, -0.15) is 0 Å². The molecule has 1 unspecified atom stereocenters. The minimum atomic E-state index is -0.776. The second-order valence-corrected chi connectivity index (χ2v) is 21.3. The van der Waals surface area contributed by atoms with E-state index in [9.17, 15) is 14.4 Å². The van der Waals surface area contributed by atoms with Crippen LogP contribution in [0.4, 0.5) is 0 Å². The van der Waals surface area contributed by atoms with Crippen LogP contribution in [0, 0.1) is 0 Å². The second-order valence-electron chi connectivity index (χ2n) is 21.3. The molecule has 0 rings (SSSR count). The fourth-order valence-electron chi connectivity index (χ4n) is 9.27. The van der Waals surface area contributed by atoms with Crippen LogP contribution < -0.4 is 0 Å². The smallest absolute Gasteiger partial charge is 0.306 e. The Bertz CT molecular complexity index is 1250. The Morgan fingerprint density at radius 1 is 0.278 bits per heavy atom. The summed E-state index contributed by atoms with van der Waals surface area (Å²) in [5, 5.41) is 0. The molecule has 0 aliphatic carbocycles. The number of rotatable bonds is 58. The van der Waals surface area contributed by atoms with Crippen molar-refractivity contribution in [2.45, 2.75) is 341 Å². The summed E-state index contributed by atoms with van der Waals surface area (Å²) in [7, 11) is 0. The molecular formula is C66H120O6. The lowest BCUT2D eigenvalue weighted by Crippen LogP contribution is -2.30. The molecule has 1 atom stereocenters. The zero-order valence-corrected chi connectivity index (χ0v) is 48.2. The lowest BCUT2D eigenvalue weighted by molar-refractivity contribution is -0.167. The van der Waals surface area contributed by atoms with Gasteiger partial charge < -0.3 is 14.2 Å². The molecule has 0 N–H and O–H groups in total. The van der Waals surface area contributed by atoms with Crippen LogP contribution in [0.3, 0.4) is 0 Å². The Labute approximate surface area is 448 Å². The number of carbonyl (C=O) groups excluding carboxylic acids is 3.